The topological polar surface area (TPSA) is 52.6 Å². The third kappa shape index (κ3) is 6.69. The summed E-state index contributed by atoms with van der Waals surface area (Å²) in [6.07, 6.45) is 5.17. The summed E-state index contributed by atoms with van der Waals surface area (Å²) in [5.41, 5.74) is -0.603. The van der Waals surface area contributed by atoms with E-state index in [-0.39, 0.29) is 5.78 Å². The number of ketones is 1. The summed E-state index contributed by atoms with van der Waals surface area (Å²) >= 11 is 0. The van der Waals surface area contributed by atoms with Crippen molar-refractivity contribution in [2.45, 2.75) is 71.9 Å². The van der Waals surface area contributed by atoms with Gasteiger partial charge in [0.1, 0.15) is 11.4 Å². The standard InChI is InChI=1S/C14H29O4P/c1-5-9-10-11-12-13(15)14(6-2)19(16,17-7-3)18-8-4/h14H,5-12H2,1-4H3. The van der Waals surface area contributed by atoms with E-state index in [0.717, 1.165) is 25.7 Å². The molecule has 1 unspecified atom stereocenters. The molecule has 0 spiro atoms. The van der Waals surface area contributed by atoms with E-state index in [2.05, 4.69) is 6.92 Å². The Hall–Kier alpha value is -0.180. The van der Waals surface area contributed by atoms with Crippen LogP contribution in [0.2, 0.25) is 0 Å². The second-order valence-corrected chi connectivity index (χ2v) is 6.80. The summed E-state index contributed by atoms with van der Waals surface area (Å²) in [6.45, 7) is 8.14. The van der Waals surface area contributed by atoms with Gasteiger partial charge in [-0.25, -0.2) is 0 Å². The second kappa shape index (κ2) is 10.6. The van der Waals surface area contributed by atoms with E-state index in [0.29, 0.717) is 26.1 Å². The van der Waals surface area contributed by atoms with Crippen molar-refractivity contribution in [2.24, 2.45) is 0 Å². The quantitative estimate of drug-likeness (QED) is 0.390. The van der Waals surface area contributed by atoms with E-state index < -0.39 is 13.3 Å². The Bertz CT molecular complexity index is 281. The largest absolute Gasteiger partial charge is 0.341 e. The maximum Gasteiger partial charge on any atom is 0.341 e. The van der Waals surface area contributed by atoms with Gasteiger partial charge < -0.3 is 9.05 Å². The average Bonchev–Trinajstić information content (AvgIpc) is 2.36. The molecule has 0 aliphatic carbocycles. The second-order valence-electron chi connectivity index (χ2n) is 4.58. The molecule has 0 aromatic heterocycles. The summed E-state index contributed by atoms with van der Waals surface area (Å²) in [5, 5.41) is 0. The van der Waals surface area contributed by atoms with Crippen LogP contribution < -0.4 is 0 Å². The molecule has 19 heavy (non-hydrogen) atoms. The Labute approximate surface area is 117 Å². The van der Waals surface area contributed by atoms with E-state index in [1.54, 1.807) is 13.8 Å². The highest BCUT2D eigenvalue weighted by atomic mass is 31.2. The summed E-state index contributed by atoms with van der Waals surface area (Å²) in [4.78, 5) is 12.2. The summed E-state index contributed by atoms with van der Waals surface area (Å²) < 4.78 is 23.2. The molecule has 0 radical (unpaired) electrons. The Morgan fingerprint density at radius 2 is 1.58 bits per heavy atom. The van der Waals surface area contributed by atoms with Crippen molar-refractivity contribution in [3.8, 4) is 0 Å². The van der Waals surface area contributed by atoms with Gasteiger partial charge in [0.05, 0.1) is 13.2 Å². The molecule has 0 heterocycles. The average molecular weight is 292 g/mol. The van der Waals surface area contributed by atoms with Gasteiger partial charge in [-0.2, -0.15) is 0 Å². The molecule has 0 aliphatic rings. The molecular weight excluding hydrogens is 263 g/mol. The van der Waals surface area contributed by atoms with Gasteiger partial charge >= 0.3 is 7.60 Å². The third-order valence-corrected chi connectivity index (χ3v) is 5.69. The first-order chi connectivity index (χ1) is 9.05. The van der Waals surface area contributed by atoms with Crippen LogP contribution in [0.15, 0.2) is 0 Å². The van der Waals surface area contributed by atoms with Crippen molar-refractivity contribution in [3.05, 3.63) is 0 Å². The van der Waals surface area contributed by atoms with Crippen molar-refractivity contribution < 1.29 is 18.4 Å². The molecule has 1 atom stereocenters. The lowest BCUT2D eigenvalue weighted by Crippen LogP contribution is -2.23. The van der Waals surface area contributed by atoms with Crippen molar-refractivity contribution in [2.75, 3.05) is 13.2 Å². The highest BCUT2D eigenvalue weighted by molar-refractivity contribution is 7.55. The summed E-state index contributed by atoms with van der Waals surface area (Å²) in [5.74, 6) is 0.0174. The van der Waals surface area contributed by atoms with Gasteiger partial charge in [-0.1, -0.05) is 33.1 Å². The van der Waals surface area contributed by atoms with E-state index in [1.807, 2.05) is 6.92 Å². The fourth-order valence-corrected chi connectivity index (χ4v) is 4.18. The molecule has 114 valence electrons. The zero-order valence-corrected chi connectivity index (χ0v) is 13.7. The van der Waals surface area contributed by atoms with Crippen molar-refractivity contribution in [1.82, 2.24) is 0 Å². The van der Waals surface area contributed by atoms with Gasteiger partial charge in [-0.05, 0) is 26.7 Å². The normalized spacial score (nSPS) is 13.5. The molecule has 0 aliphatic heterocycles. The van der Waals surface area contributed by atoms with E-state index in [1.165, 1.54) is 0 Å². The molecule has 4 nitrogen and oxygen atoms in total. The number of carbonyl (C=O) groups excluding carboxylic acids is 1. The van der Waals surface area contributed by atoms with Gasteiger partial charge in [-0.3, -0.25) is 9.36 Å². The van der Waals surface area contributed by atoms with Crippen LogP contribution in [0, 0.1) is 0 Å². The molecule has 5 heteroatoms. The van der Waals surface area contributed by atoms with Gasteiger partial charge in [0.25, 0.3) is 0 Å². The Morgan fingerprint density at radius 3 is 2.00 bits per heavy atom. The molecule has 0 aromatic carbocycles. The lowest BCUT2D eigenvalue weighted by Gasteiger charge is -2.24. The maximum absolute atomic E-state index is 12.6. The molecule has 0 N–H and O–H groups in total. The fourth-order valence-electron chi connectivity index (χ4n) is 2.10. The lowest BCUT2D eigenvalue weighted by molar-refractivity contribution is -0.119. The number of hydrogen-bond acceptors (Lipinski definition) is 4. The molecule has 0 rings (SSSR count). The summed E-state index contributed by atoms with van der Waals surface area (Å²) in [6, 6.07) is 0. The van der Waals surface area contributed by atoms with Crippen molar-refractivity contribution in [1.29, 1.82) is 0 Å². The van der Waals surface area contributed by atoms with Crippen LogP contribution in [0.25, 0.3) is 0 Å². The molecule has 0 bridgehead atoms. The lowest BCUT2D eigenvalue weighted by atomic mass is 10.1. The number of unbranched alkanes of at least 4 members (excludes halogenated alkanes) is 3. The first-order valence-corrected chi connectivity index (χ1v) is 9.08. The molecule has 0 amide bonds. The minimum Gasteiger partial charge on any atom is -0.308 e. The molecule has 0 aromatic rings. The van der Waals surface area contributed by atoms with E-state index >= 15 is 0 Å². The monoisotopic (exact) mass is 292 g/mol. The predicted molar refractivity (Wildman–Crippen MR) is 78.7 cm³/mol. The van der Waals surface area contributed by atoms with Crippen LogP contribution in [0.4, 0.5) is 0 Å². The zero-order valence-electron chi connectivity index (χ0n) is 12.8. The third-order valence-electron chi connectivity index (χ3n) is 3.03. The van der Waals surface area contributed by atoms with Crippen molar-refractivity contribution >= 4 is 13.4 Å². The number of carbonyl (C=O) groups is 1. The Kier molecular flexibility index (Phi) is 10.5. The molecule has 0 fully saturated rings. The van der Waals surface area contributed by atoms with Gasteiger partial charge in [0.2, 0.25) is 0 Å². The highest BCUT2D eigenvalue weighted by Crippen LogP contribution is 2.54. The zero-order chi connectivity index (χ0) is 14.7. The Balaban J connectivity index is 4.57. The van der Waals surface area contributed by atoms with E-state index in [4.69, 9.17) is 9.05 Å². The Morgan fingerprint density at radius 1 is 1.00 bits per heavy atom. The number of Topliss-reactive ketones (excluding diaryl/α,β-unsaturated/α-hetero) is 1. The van der Waals surface area contributed by atoms with Gasteiger partial charge in [0.15, 0.2) is 0 Å². The predicted octanol–water partition coefficient (Wildman–Crippen LogP) is 4.57. The smallest absolute Gasteiger partial charge is 0.308 e. The van der Waals surface area contributed by atoms with Crippen LogP contribution >= 0.6 is 7.60 Å². The number of hydrogen-bond donors (Lipinski definition) is 0. The van der Waals surface area contributed by atoms with Crippen LogP contribution in [0.3, 0.4) is 0 Å². The SMILES string of the molecule is CCCCCCC(=O)C(CC)P(=O)(OCC)OCC. The maximum atomic E-state index is 12.6. The van der Waals surface area contributed by atoms with Gasteiger partial charge in [0, 0.05) is 6.42 Å². The first kappa shape index (κ1) is 18.8. The summed E-state index contributed by atoms with van der Waals surface area (Å²) in [7, 11) is -3.29. The van der Waals surface area contributed by atoms with Crippen LogP contribution in [0.5, 0.6) is 0 Å². The molecule has 0 saturated carbocycles. The minimum atomic E-state index is -3.29. The number of rotatable bonds is 12. The first-order valence-electron chi connectivity index (χ1n) is 7.47. The highest BCUT2D eigenvalue weighted by Gasteiger charge is 2.38. The van der Waals surface area contributed by atoms with Crippen LogP contribution in [0.1, 0.15) is 66.2 Å². The minimum absolute atomic E-state index is 0.0174. The van der Waals surface area contributed by atoms with Crippen LogP contribution in [-0.2, 0) is 18.4 Å². The van der Waals surface area contributed by atoms with Crippen LogP contribution in [-0.4, -0.2) is 24.7 Å². The van der Waals surface area contributed by atoms with E-state index in [9.17, 15) is 9.36 Å². The molecule has 0 saturated heterocycles. The van der Waals surface area contributed by atoms with Gasteiger partial charge in [-0.15, -0.1) is 0 Å². The molecular formula is C14H29O4P. The fraction of sp³-hybridized carbons (Fsp3) is 0.929. The van der Waals surface area contributed by atoms with Crippen molar-refractivity contribution in [3.63, 3.8) is 0 Å².